The van der Waals surface area contributed by atoms with Crippen LogP contribution in [0.3, 0.4) is 0 Å². The molecule has 5 rings (SSSR count). The van der Waals surface area contributed by atoms with E-state index in [-0.39, 0.29) is 5.69 Å². The van der Waals surface area contributed by atoms with Gasteiger partial charge in [-0.2, -0.15) is 23.9 Å². The maximum absolute atomic E-state index is 13.6. The highest BCUT2D eigenvalue weighted by Gasteiger charge is 2.55. The molecule has 2 amide bonds. The van der Waals surface area contributed by atoms with Crippen LogP contribution in [0.4, 0.5) is 23.7 Å². The number of hydrogen-bond donors (Lipinski definition) is 2. The zero-order chi connectivity index (χ0) is 28.8. The van der Waals surface area contributed by atoms with Crippen LogP contribution in [-0.4, -0.2) is 61.0 Å². The number of amides is 2. The first kappa shape index (κ1) is 27.7. The summed E-state index contributed by atoms with van der Waals surface area (Å²) in [5, 5.41) is 9.64. The second kappa shape index (κ2) is 10.3. The van der Waals surface area contributed by atoms with Crippen LogP contribution in [0, 0.1) is 17.2 Å². The quantitative estimate of drug-likeness (QED) is 0.428. The number of rotatable bonds is 5. The minimum atomic E-state index is -4.57. The van der Waals surface area contributed by atoms with E-state index in [4.69, 9.17) is 4.74 Å². The number of fused-ring (bicyclic) bond motifs is 1. The van der Waals surface area contributed by atoms with Crippen LogP contribution in [-0.2, 0) is 22.3 Å². The lowest BCUT2D eigenvalue weighted by Gasteiger charge is -2.52. The highest BCUT2D eigenvalue weighted by atomic mass is 19.4. The van der Waals surface area contributed by atoms with Crippen LogP contribution < -0.4 is 15.8 Å². The maximum Gasteiger partial charge on any atom is 0.416 e. The topological polar surface area (TPSA) is 97.7 Å². The number of nitrogens with zero attached hydrogens (tertiary/aromatic N) is 4. The first-order valence-electron chi connectivity index (χ1n) is 13.2. The molecule has 3 saturated heterocycles. The molecule has 0 aromatic heterocycles. The number of alkyl halides is 3. The molecule has 3 heterocycles. The van der Waals surface area contributed by atoms with Gasteiger partial charge in [0.15, 0.2) is 6.29 Å². The SMILES string of the molecule is COC(=O)C1C(C)N(c2cccc(C(F)(F)F)c2)C2NNC(=O)N2[C@H]1c1ccc(C#N)cc1C[N+]1(C)CCCC1. The van der Waals surface area contributed by atoms with E-state index in [0.717, 1.165) is 48.1 Å². The van der Waals surface area contributed by atoms with Crippen molar-refractivity contribution < 1.29 is 32.0 Å². The number of methoxy groups -OCH3 is 1. The lowest BCUT2D eigenvalue weighted by molar-refractivity contribution is -0.910. The summed E-state index contributed by atoms with van der Waals surface area (Å²) < 4.78 is 46.8. The second-order valence-corrected chi connectivity index (χ2v) is 11.0. The molecular formula is C28H32F3N6O3+. The summed E-state index contributed by atoms with van der Waals surface area (Å²) >= 11 is 0. The van der Waals surface area contributed by atoms with Gasteiger partial charge in [0, 0.05) is 30.1 Å². The van der Waals surface area contributed by atoms with Gasteiger partial charge in [0.2, 0.25) is 0 Å². The van der Waals surface area contributed by atoms with Gasteiger partial charge in [-0.1, -0.05) is 12.1 Å². The van der Waals surface area contributed by atoms with Gasteiger partial charge in [-0.15, -0.1) is 0 Å². The fourth-order valence-corrected chi connectivity index (χ4v) is 6.48. The number of esters is 1. The molecule has 3 aliphatic heterocycles. The van der Waals surface area contributed by atoms with Crippen LogP contribution in [0.5, 0.6) is 0 Å². The van der Waals surface area contributed by atoms with Crippen LogP contribution in [0.1, 0.15) is 48.1 Å². The third-order valence-corrected chi connectivity index (χ3v) is 8.40. The first-order chi connectivity index (χ1) is 19.0. The maximum atomic E-state index is 13.6. The average molecular weight is 558 g/mol. The number of halogens is 3. The molecule has 3 aliphatic rings. The summed E-state index contributed by atoms with van der Waals surface area (Å²) in [5.74, 6) is -1.54. The predicted octanol–water partition coefficient (Wildman–Crippen LogP) is 3.87. The fourth-order valence-electron chi connectivity index (χ4n) is 6.48. The van der Waals surface area contributed by atoms with Gasteiger partial charge in [0.25, 0.3) is 0 Å². The van der Waals surface area contributed by atoms with E-state index in [1.165, 1.54) is 24.1 Å². The molecule has 212 valence electrons. The highest BCUT2D eigenvalue weighted by Crippen LogP contribution is 2.45. The van der Waals surface area contributed by atoms with E-state index >= 15 is 0 Å². The van der Waals surface area contributed by atoms with E-state index in [1.807, 2.05) is 6.07 Å². The number of nitriles is 1. The van der Waals surface area contributed by atoms with Gasteiger partial charge in [-0.05, 0) is 42.8 Å². The molecule has 3 fully saturated rings. The van der Waals surface area contributed by atoms with Crippen molar-refractivity contribution in [3.63, 3.8) is 0 Å². The lowest BCUT2D eigenvalue weighted by atomic mass is 9.81. The zero-order valence-corrected chi connectivity index (χ0v) is 22.5. The number of carbonyl (C=O) groups is 2. The van der Waals surface area contributed by atoms with Gasteiger partial charge in [0.1, 0.15) is 12.5 Å². The largest absolute Gasteiger partial charge is 0.469 e. The summed E-state index contributed by atoms with van der Waals surface area (Å²) in [6.45, 7) is 4.29. The van der Waals surface area contributed by atoms with Crippen molar-refractivity contribution in [1.29, 1.82) is 5.26 Å². The van der Waals surface area contributed by atoms with Gasteiger partial charge in [-0.25, -0.2) is 4.79 Å². The summed E-state index contributed by atoms with van der Waals surface area (Å²) in [6.07, 6.45) is -3.29. The summed E-state index contributed by atoms with van der Waals surface area (Å²) in [5.41, 5.74) is 6.88. The van der Waals surface area contributed by atoms with Crippen molar-refractivity contribution in [3.8, 4) is 6.07 Å². The van der Waals surface area contributed by atoms with Crippen molar-refractivity contribution >= 4 is 17.7 Å². The van der Waals surface area contributed by atoms with Crippen molar-refractivity contribution in [3.05, 3.63) is 64.7 Å². The number of nitrogens with one attached hydrogen (secondary N) is 2. The van der Waals surface area contributed by atoms with Crippen molar-refractivity contribution in [2.75, 3.05) is 32.1 Å². The van der Waals surface area contributed by atoms with Crippen LogP contribution in [0.2, 0.25) is 0 Å². The van der Waals surface area contributed by atoms with Gasteiger partial charge in [0.05, 0.1) is 50.5 Å². The molecule has 2 N–H and O–H groups in total. The highest BCUT2D eigenvalue weighted by molar-refractivity contribution is 5.82. The summed E-state index contributed by atoms with van der Waals surface area (Å²) in [7, 11) is 3.41. The minimum absolute atomic E-state index is 0.198. The molecule has 2 aromatic carbocycles. The lowest BCUT2D eigenvalue weighted by Crippen LogP contribution is -2.65. The first-order valence-corrected chi connectivity index (χ1v) is 13.2. The van der Waals surface area contributed by atoms with Gasteiger partial charge < -0.3 is 14.1 Å². The van der Waals surface area contributed by atoms with Crippen LogP contribution >= 0.6 is 0 Å². The molecule has 9 nitrogen and oxygen atoms in total. The number of benzene rings is 2. The molecule has 0 radical (unpaired) electrons. The number of anilines is 1. The van der Waals surface area contributed by atoms with E-state index in [0.29, 0.717) is 17.7 Å². The number of hydrogen-bond acceptors (Lipinski definition) is 6. The molecular weight excluding hydrogens is 525 g/mol. The Morgan fingerprint density at radius 1 is 1.18 bits per heavy atom. The standard InChI is InChI=1S/C28H31F3N6O3/c1-17-23(25(38)40-3)24(22-10-9-18(15-32)13-19(22)16-37(2)11-4-5-12-37)36-26(33-34-27(36)39)35(17)21-8-6-7-20(14-21)28(29,30)31/h6-10,13-14,17,23-24,26,33H,4-5,11-12,16H2,1-3H3/p+1/t17?,23?,24-,26?/m0/s1. The van der Waals surface area contributed by atoms with Crippen molar-refractivity contribution in [2.24, 2.45) is 5.92 Å². The Labute approximate surface area is 230 Å². The Morgan fingerprint density at radius 2 is 1.90 bits per heavy atom. The van der Waals surface area contributed by atoms with Crippen LogP contribution in [0.15, 0.2) is 42.5 Å². The number of quaternary nitrogens is 1. The van der Waals surface area contributed by atoms with E-state index < -0.39 is 48.0 Å². The van der Waals surface area contributed by atoms with Crippen molar-refractivity contribution in [1.82, 2.24) is 15.8 Å². The minimum Gasteiger partial charge on any atom is -0.469 e. The second-order valence-electron chi connectivity index (χ2n) is 11.0. The Kier molecular flexibility index (Phi) is 7.14. The van der Waals surface area contributed by atoms with Crippen molar-refractivity contribution in [2.45, 2.75) is 50.9 Å². The predicted molar refractivity (Wildman–Crippen MR) is 139 cm³/mol. The Balaban J connectivity index is 1.65. The monoisotopic (exact) mass is 557 g/mol. The molecule has 0 bridgehead atoms. The molecule has 2 aromatic rings. The average Bonchev–Trinajstić information content (AvgIpc) is 3.52. The summed E-state index contributed by atoms with van der Waals surface area (Å²) in [6, 6.07) is 10.3. The molecule has 0 spiro atoms. The molecule has 3 unspecified atom stereocenters. The Bertz CT molecular complexity index is 1350. The number of carbonyl (C=O) groups excluding carboxylic acids is 2. The molecule has 4 atom stereocenters. The molecule has 12 heteroatoms. The number of ether oxygens (including phenoxy) is 1. The third-order valence-electron chi connectivity index (χ3n) is 8.40. The molecule has 0 saturated carbocycles. The van der Waals surface area contributed by atoms with E-state index in [2.05, 4.69) is 24.0 Å². The molecule has 40 heavy (non-hydrogen) atoms. The number of urea groups is 1. The normalized spacial score (nSPS) is 25.8. The summed E-state index contributed by atoms with van der Waals surface area (Å²) in [4.78, 5) is 29.8. The molecule has 0 aliphatic carbocycles. The zero-order valence-electron chi connectivity index (χ0n) is 22.5. The Morgan fingerprint density at radius 3 is 2.55 bits per heavy atom. The van der Waals surface area contributed by atoms with E-state index in [1.54, 1.807) is 24.0 Å². The van der Waals surface area contributed by atoms with Crippen LogP contribution in [0.25, 0.3) is 0 Å². The third kappa shape index (κ3) is 4.84. The smallest absolute Gasteiger partial charge is 0.416 e. The number of likely N-dealkylation sites (tertiary alicyclic amines) is 1. The number of hydrazine groups is 1. The van der Waals surface area contributed by atoms with Gasteiger partial charge >= 0.3 is 18.2 Å². The fraction of sp³-hybridized carbons (Fsp3) is 0.464. The van der Waals surface area contributed by atoms with Gasteiger partial charge in [-0.3, -0.25) is 15.1 Å². The van der Waals surface area contributed by atoms with E-state index in [9.17, 15) is 28.0 Å². The Hall–Kier alpha value is -3.82.